The highest BCUT2D eigenvalue weighted by molar-refractivity contribution is 7.80. The zero-order valence-corrected chi connectivity index (χ0v) is 23.9. The van der Waals surface area contributed by atoms with Crippen molar-refractivity contribution in [2.75, 3.05) is 55.2 Å². The third-order valence-corrected chi connectivity index (χ3v) is 6.19. The van der Waals surface area contributed by atoms with Gasteiger partial charge in [0.25, 0.3) is 0 Å². The lowest BCUT2D eigenvalue weighted by Gasteiger charge is -2.24. The summed E-state index contributed by atoms with van der Waals surface area (Å²) in [6.45, 7) is 3.65. The molecule has 0 saturated heterocycles. The van der Waals surface area contributed by atoms with E-state index >= 15 is 0 Å². The van der Waals surface area contributed by atoms with Gasteiger partial charge in [0.2, 0.25) is 0 Å². The van der Waals surface area contributed by atoms with Crippen LogP contribution in [-0.2, 0) is 0 Å². The Morgan fingerprint density at radius 1 is 0.475 bits per heavy atom. The number of halogens is 3. The van der Waals surface area contributed by atoms with Gasteiger partial charge in [-0.1, -0.05) is 0 Å². The lowest BCUT2D eigenvalue weighted by atomic mass is 10.3. The van der Waals surface area contributed by atoms with Crippen LogP contribution in [0, 0.1) is 17.5 Å². The van der Waals surface area contributed by atoms with Crippen molar-refractivity contribution < 1.29 is 13.2 Å². The van der Waals surface area contributed by atoms with Crippen molar-refractivity contribution >= 4 is 69.1 Å². The zero-order valence-electron chi connectivity index (χ0n) is 21.5. The minimum absolute atomic E-state index is 0.318. The fourth-order valence-corrected chi connectivity index (χ4v) is 4.10. The number of anilines is 3. The van der Waals surface area contributed by atoms with Crippen LogP contribution in [0.15, 0.2) is 72.8 Å². The first-order valence-electron chi connectivity index (χ1n) is 12.4. The Bertz CT molecular complexity index is 1090. The Morgan fingerprint density at radius 3 is 0.975 bits per heavy atom. The van der Waals surface area contributed by atoms with Gasteiger partial charge in [0, 0.05) is 56.3 Å². The summed E-state index contributed by atoms with van der Waals surface area (Å²) in [5.41, 5.74) is 2.07. The molecule has 0 bridgehead atoms. The first-order valence-corrected chi connectivity index (χ1v) is 13.6. The van der Waals surface area contributed by atoms with E-state index in [1.54, 1.807) is 36.4 Å². The van der Waals surface area contributed by atoms with Crippen LogP contribution in [0.1, 0.15) is 0 Å². The third-order valence-electron chi connectivity index (χ3n) is 5.45. The lowest BCUT2D eigenvalue weighted by molar-refractivity contribution is 0.286. The van der Waals surface area contributed by atoms with Gasteiger partial charge in [0.15, 0.2) is 15.3 Å². The minimum atomic E-state index is -0.318. The van der Waals surface area contributed by atoms with Crippen LogP contribution in [-0.4, -0.2) is 59.5 Å². The average Bonchev–Trinajstić information content (AvgIpc) is 2.92. The van der Waals surface area contributed by atoms with Crippen molar-refractivity contribution in [3.8, 4) is 0 Å². The molecule has 0 aliphatic rings. The second-order valence-corrected chi connectivity index (χ2v) is 9.73. The molecule has 40 heavy (non-hydrogen) atoms. The molecule has 3 aromatic rings. The number of nitrogens with one attached hydrogen (secondary N) is 6. The van der Waals surface area contributed by atoms with E-state index in [0.717, 1.165) is 0 Å². The lowest BCUT2D eigenvalue weighted by Crippen LogP contribution is -2.44. The Kier molecular flexibility index (Phi) is 12.8. The Morgan fingerprint density at radius 2 is 0.725 bits per heavy atom. The summed E-state index contributed by atoms with van der Waals surface area (Å²) in [4.78, 5) is 2.19. The molecule has 0 spiro atoms. The molecule has 0 fully saturated rings. The van der Waals surface area contributed by atoms with Crippen molar-refractivity contribution in [2.24, 2.45) is 0 Å². The maximum Gasteiger partial charge on any atom is 0.170 e. The summed E-state index contributed by atoms with van der Waals surface area (Å²) in [6, 6.07) is 17.8. The standard InChI is InChI=1S/C27H30F3N7S3/c28-19-1-7-22(8-2-19)34-25(38)31-13-16-37(17-14-32-26(39)35-23-9-3-20(29)4-10-23)18-15-33-27(40)36-24-11-5-21(30)6-12-24/h1-12H,13-18H2,(H2,31,34,38)(H2,32,35,39)(H2,33,36,40). The van der Waals surface area contributed by atoms with E-state index in [9.17, 15) is 13.2 Å². The number of thiocarbonyl (C=S) groups is 3. The third kappa shape index (κ3) is 12.1. The van der Waals surface area contributed by atoms with Crippen LogP contribution in [0.4, 0.5) is 30.2 Å². The first-order chi connectivity index (χ1) is 19.3. The molecule has 7 nitrogen and oxygen atoms in total. The van der Waals surface area contributed by atoms with Crippen molar-refractivity contribution in [3.63, 3.8) is 0 Å². The Hall–Kier alpha value is -3.52. The number of nitrogens with zero attached hydrogens (tertiary/aromatic N) is 1. The minimum Gasteiger partial charge on any atom is -0.361 e. The summed E-state index contributed by atoms with van der Waals surface area (Å²) < 4.78 is 39.4. The fourth-order valence-electron chi connectivity index (χ4n) is 3.44. The highest BCUT2D eigenvalue weighted by Crippen LogP contribution is 2.09. The van der Waals surface area contributed by atoms with Gasteiger partial charge in [-0.3, -0.25) is 4.90 Å². The second kappa shape index (κ2) is 16.6. The number of rotatable bonds is 12. The van der Waals surface area contributed by atoms with Gasteiger partial charge in [0.1, 0.15) is 17.5 Å². The monoisotopic (exact) mass is 605 g/mol. The fraction of sp³-hybridized carbons (Fsp3) is 0.222. The molecule has 0 aliphatic carbocycles. The van der Waals surface area contributed by atoms with Gasteiger partial charge >= 0.3 is 0 Å². The first kappa shape index (κ1) is 31.0. The van der Waals surface area contributed by atoms with Crippen LogP contribution in [0.3, 0.4) is 0 Å². The number of benzene rings is 3. The number of hydrogen-bond donors (Lipinski definition) is 6. The molecule has 0 aromatic heterocycles. The van der Waals surface area contributed by atoms with Crippen LogP contribution < -0.4 is 31.9 Å². The molecule has 0 unspecified atom stereocenters. The van der Waals surface area contributed by atoms with E-state index in [1.807, 2.05) is 0 Å². The van der Waals surface area contributed by atoms with Crippen molar-refractivity contribution in [1.29, 1.82) is 0 Å². The molecule has 6 N–H and O–H groups in total. The molecule has 13 heteroatoms. The van der Waals surface area contributed by atoms with Gasteiger partial charge in [-0.05, 0) is 109 Å². The molecule has 0 saturated carbocycles. The summed E-state index contributed by atoms with van der Waals surface area (Å²) in [5, 5.41) is 19.8. The van der Waals surface area contributed by atoms with Gasteiger partial charge in [-0.15, -0.1) is 0 Å². The Balaban J connectivity index is 1.44. The molecule has 212 valence electrons. The van der Waals surface area contributed by atoms with Crippen LogP contribution in [0.2, 0.25) is 0 Å². The summed E-state index contributed by atoms with van der Waals surface area (Å²) in [5.74, 6) is -0.953. The number of hydrogen-bond acceptors (Lipinski definition) is 4. The van der Waals surface area contributed by atoms with E-state index in [0.29, 0.717) is 71.7 Å². The predicted octanol–water partition coefficient (Wildman–Crippen LogP) is 4.67. The smallest absolute Gasteiger partial charge is 0.170 e. The predicted molar refractivity (Wildman–Crippen MR) is 168 cm³/mol. The molecular weight excluding hydrogens is 576 g/mol. The molecular formula is C27H30F3N7S3. The quantitative estimate of drug-likeness (QED) is 0.164. The van der Waals surface area contributed by atoms with E-state index in [4.69, 9.17) is 36.7 Å². The maximum atomic E-state index is 13.1. The molecule has 3 rings (SSSR count). The molecule has 3 aromatic carbocycles. The summed E-state index contributed by atoms with van der Waals surface area (Å²) in [7, 11) is 0. The topological polar surface area (TPSA) is 75.4 Å². The molecule has 0 aliphatic heterocycles. The van der Waals surface area contributed by atoms with Crippen molar-refractivity contribution in [2.45, 2.75) is 0 Å². The van der Waals surface area contributed by atoms with Crippen LogP contribution in [0.5, 0.6) is 0 Å². The van der Waals surface area contributed by atoms with Gasteiger partial charge < -0.3 is 31.9 Å². The van der Waals surface area contributed by atoms with E-state index in [2.05, 4.69) is 36.8 Å². The average molecular weight is 606 g/mol. The maximum absolute atomic E-state index is 13.1. The molecule has 0 atom stereocenters. The second-order valence-electron chi connectivity index (χ2n) is 8.51. The van der Waals surface area contributed by atoms with Crippen LogP contribution in [0.25, 0.3) is 0 Å². The van der Waals surface area contributed by atoms with Gasteiger partial charge in [-0.25, -0.2) is 13.2 Å². The van der Waals surface area contributed by atoms with E-state index in [1.165, 1.54) is 36.4 Å². The summed E-state index contributed by atoms with van der Waals surface area (Å²) >= 11 is 16.0. The Labute approximate surface area is 247 Å². The highest BCUT2D eigenvalue weighted by atomic mass is 32.1. The SMILES string of the molecule is Fc1ccc(NC(=S)NCCN(CCNC(=S)Nc2ccc(F)cc2)CCNC(=S)Nc2ccc(F)cc2)cc1. The zero-order chi connectivity index (χ0) is 28.7. The van der Waals surface area contributed by atoms with E-state index < -0.39 is 0 Å². The normalized spacial score (nSPS) is 10.5. The van der Waals surface area contributed by atoms with Crippen LogP contribution >= 0.6 is 36.7 Å². The van der Waals surface area contributed by atoms with Crippen molar-refractivity contribution in [3.05, 3.63) is 90.2 Å². The van der Waals surface area contributed by atoms with Crippen molar-refractivity contribution in [1.82, 2.24) is 20.9 Å². The summed E-state index contributed by atoms with van der Waals surface area (Å²) in [6.07, 6.45) is 0. The molecule has 0 heterocycles. The largest absolute Gasteiger partial charge is 0.361 e. The highest BCUT2D eigenvalue weighted by Gasteiger charge is 2.08. The van der Waals surface area contributed by atoms with E-state index in [-0.39, 0.29) is 17.5 Å². The molecule has 0 amide bonds. The van der Waals surface area contributed by atoms with Gasteiger partial charge in [0.05, 0.1) is 0 Å². The molecule has 0 radical (unpaired) electrons. The van der Waals surface area contributed by atoms with Gasteiger partial charge in [-0.2, -0.15) is 0 Å².